The summed E-state index contributed by atoms with van der Waals surface area (Å²) < 4.78 is 5.47. The maximum Gasteiger partial charge on any atom is 0.333 e. The zero-order valence-corrected chi connectivity index (χ0v) is 11.7. The second kappa shape index (κ2) is 6.09. The third kappa shape index (κ3) is 3.60. The number of nitrogens with zero attached hydrogens (tertiary/aromatic N) is 1. The Morgan fingerprint density at radius 1 is 1.50 bits per heavy atom. The lowest BCUT2D eigenvalue weighted by Crippen LogP contribution is -2.21. The highest BCUT2D eigenvalue weighted by molar-refractivity contribution is 5.68. The van der Waals surface area contributed by atoms with Crippen molar-refractivity contribution in [2.75, 3.05) is 11.9 Å². The van der Waals surface area contributed by atoms with Crippen LogP contribution in [-0.2, 0) is 0 Å². The molecule has 0 heterocycles. The molecule has 6 heteroatoms. The van der Waals surface area contributed by atoms with Gasteiger partial charge in [-0.1, -0.05) is 6.07 Å². The van der Waals surface area contributed by atoms with Crippen LogP contribution in [0, 0.1) is 16.0 Å². The Labute approximate surface area is 117 Å². The van der Waals surface area contributed by atoms with Gasteiger partial charge in [-0.15, -0.1) is 0 Å². The third-order valence-electron chi connectivity index (χ3n) is 3.21. The molecule has 1 aromatic carbocycles. The first-order valence-electron chi connectivity index (χ1n) is 6.85. The fourth-order valence-corrected chi connectivity index (χ4v) is 2.06. The molecule has 0 radical (unpaired) electrons. The number of hydrogen-bond donors (Lipinski definition) is 2. The van der Waals surface area contributed by atoms with Crippen molar-refractivity contribution in [1.82, 2.24) is 0 Å². The first-order valence-corrected chi connectivity index (χ1v) is 6.85. The number of para-hydroxylation sites is 1. The van der Waals surface area contributed by atoms with E-state index in [0.29, 0.717) is 18.2 Å². The average molecular weight is 280 g/mol. The number of nitrogens with one attached hydrogen (secondary N) is 1. The van der Waals surface area contributed by atoms with Gasteiger partial charge >= 0.3 is 5.69 Å². The van der Waals surface area contributed by atoms with Crippen molar-refractivity contribution in [2.24, 2.45) is 5.92 Å². The summed E-state index contributed by atoms with van der Waals surface area (Å²) in [6.07, 6.45) is 1.47. The number of rotatable bonds is 7. The molecule has 1 unspecified atom stereocenters. The minimum absolute atomic E-state index is 0.0794. The molecule has 1 aliphatic carbocycles. The first kappa shape index (κ1) is 14.6. The Morgan fingerprint density at radius 3 is 2.75 bits per heavy atom. The zero-order chi connectivity index (χ0) is 14.7. The standard InChI is InChI=1S/C14H20N2O4/c1-9(2)20-13-5-3-4-11(14(13)16(18)19)15-8-12(17)10-6-7-10/h3-5,9-10,12,15,17H,6-8H2,1-2H3. The zero-order valence-electron chi connectivity index (χ0n) is 11.7. The average Bonchev–Trinajstić information content (AvgIpc) is 3.19. The molecule has 0 spiro atoms. The molecule has 1 fully saturated rings. The van der Waals surface area contributed by atoms with Gasteiger partial charge < -0.3 is 15.2 Å². The van der Waals surface area contributed by atoms with Gasteiger partial charge in [0.15, 0.2) is 5.75 Å². The lowest BCUT2D eigenvalue weighted by molar-refractivity contribution is -0.385. The summed E-state index contributed by atoms with van der Waals surface area (Å²) in [4.78, 5) is 10.8. The summed E-state index contributed by atoms with van der Waals surface area (Å²) in [5, 5.41) is 24.0. The van der Waals surface area contributed by atoms with Gasteiger partial charge in [0.1, 0.15) is 5.69 Å². The van der Waals surface area contributed by atoms with E-state index >= 15 is 0 Å². The van der Waals surface area contributed by atoms with Crippen LogP contribution < -0.4 is 10.1 Å². The summed E-state index contributed by atoms with van der Waals surface area (Å²) in [6, 6.07) is 4.92. The normalized spacial score (nSPS) is 16.0. The predicted molar refractivity (Wildman–Crippen MR) is 76.1 cm³/mol. The van der Waals surface area contributed by atoms with Crippen molar-refractivity contribution >= 4 is 11.4 Å². The van der Waals surface area contributed by atoms with Crippen molar-refractivity contribution in [3.63, 3.8) is 0 Å². The molecule has 0 bridgehead atoms. The van der Waals surface area contributed by atoms with E-state index in [9.17, 15) is 15.2 Å². The molecule has 6 nitrogen and oxygen atoms in total. The van der Waals surface area contributed by atoms with Crippen LogP contribution in [0.2, 0.25) is 0 Å². The Hall–Kier alpha value is -1.82. The molecule has 20 heavy (non-hydrogen) atoms. The fourth-order valence-electron chi connectivity index (χ4n) is 2.06. The van der Waals surface area contributed by atoms with Gasteiger partial charge in [-0.25, -0.2) is 0 Å². The molecule has 1 aromatic rings. The summed E-state index contributed by atoms with van der Waals surface area (Å²) in [7, 11) is 0. The lowest BCUT2D eigenvalue weighted by atomic mass is 10.2. The molecule has 1 atom stereocenters. The van der Waals surface area contributed by atoms with E-state index in [1.165, 1.54) is 0 Å². The minimum atomic E-state index is -0.455. The van der Waals surface area contributed by atoms with Crippen LogP contribution in [0.4, 0.5) is 11.4 Å². The predicted octanol–water partition coefficient (Wildman–Crippen LogP) is 2.56. The number of hydrogen-bond acceptors (Lipinski definition) is 5. The Morgan fingerprint density at radius 2 is 2.20 bits per heavy atom. The van der Waals surface area contributed by atoms with Crippen LogP contribution in [0.1, 0.15) is 26.7 Å². The van der Waals surface area contributed by atoms with Crippen LogP contribution in [0.25, 0.3) is 0 Å². The van der Waals surface area contributed by atoms with Gasteiger partial charge in [0.05, 0.1) is 17.1 Å². The van der Waals surface area contributed by atoms with Gasteiger partial charge in [-0.2, -0.15) is 0 Å². The monoisotopic (exact) mass is 280 g/mol. The number of anilines is 1. The van der Waals surface area contributed by atoms with E-state index in [4.69, 9.17) is 4.74 Å². The molecule has 0 aliphatic heterocycles. The first-order chi connectivity index (χ1) is 9.49. The highest BCUT2D eigenvalue weighted by Gasteiger charge is 2.30. The van der Waals surface area contributed by atoms with Crippen molar-refractivity contribution in [3.05, 3.63) is 28.3 Å². The maximum atomic E-state index is 11.2. The maximum absolute atomic E-state index is 11.2. The van der Waals surface area contributed by atoms with Gasteiger partial charge in [0.2, 0.25) is 0 Å². The molecular weight excluding hydrogens is 260 g/mol. The molecular formula is C14H20N2O4. The highest BCUT2D eigenvalue weighted by atomic mass is 16.6. The number of nitro groups is 1. The second-order valence-corrected chi connectivity index (χ2v) is 5.36. The van der Waals surface area contributed by atoms with Gasteiger partial charge in [0.25, 0.3) is 0 Å². The summed E-state index contributed by atoms with van der Waals surface area (Å²) in [5.74, 6) is 0.576. The van der Waals surface area contributed by atoms with E-state index < -0.39 is 11.0 Å². The molecule has 1 saturated carbocycles. The van der Waals surface area contributed by atoms with Gasteiger partial charge in [-0.3, -0.25) is 10.1 Å². The second-order valence-electron chi connectivity index (χ2n) is 5.36. The SMILES string of the molecule is CC(C)Oc1cccc(NCC(O)C2CC2)c1[N+](=O)[O-]. The Balaban J connectivity index is 2.15. The van der Waals surface area contributed by atoms with E-state index in [2.05, 4.69) is 5.32 Å². The Kier molecular flexibility index (Phi) is 4.44. The summed E-state index contributed by atoms with van der Waals surface area (Å²) in [5.41, 5.74) is 0.303. The summed E-state index contributed by atoms with van der Waals surface area (Å²) in [6.45, 7) is 3.96. The van der Waals surface area contributed by atoms with E-state index in [1.807, 2.05) is 13.8 Å². The third-order valence-corrected chi connectivity index (χ3v) is 3.21. The molecule has 0 amide bonds. The number of nitro benzene ring substituents is 1. The molecule has 2 N–H and O–H groups in total. The molecule has 0 aromatic heterocycles. The van der Waals surface area contributed by atoms with Crippen LogP contribution in [0.5, 0.6) is 5.75 Å². The largest absolute Gasteiger partial charge is 0.484 e. The van der Waals surface area contributed by atoms with Crippen LogP contribution in [0.15, 0.2) is 18.2 Å². The van der Waals surface area contributed by atoms with Crippen molar-refractivity contribution in [1.29, 1.82) is 0 Å². The van der Waals surface area contributed by atoms with Crippen molar-refractivity contribution in [2.45, 2.75) is 38.9 Å². The number of aliphatic hydroxyl groups excluding tert-OH is 1. The number of benzene rings is 1. The number of ether oxygens (including phenoxy) is 1. The van der Waals surface area contributed by atoms with Crippen molar-refractivity contribution in [3.8, 4) is 5.75 Å². The minimum Gasteiger partial charge on any atom is -0.484 e. The van der Waals surface area contributed by atoms with Crippen molar-refractivity contribution < 1.29 is 14.8 Å². The quantitative estimate of drug-likeness (QED) is 0.592. The molecule has 0 saturated heterocycles. The molecule has 1 aliphatic rings. The van der Waals surface area contributed by atoms with Gasteiger partial charge in [-0.05, 0) is 44.7 Å². The van der Waals surface area contributed by atoms with Gasteiger partial charge in [0, 0.05) is 6.54 Å². The smallest absolute Gasteiger partial charge is 0.333 e. The van der Waals surface area contributed by atoms with E-state index in [-0.39, 0.29) is 17.5 Å². The molecule has 110 valence electrons. The lowest BCUT2D eigenvalue weighted by Gasteiger charge is -2.15. The van der Waals surface area contributed by atoms with E-state index in [1.54, 1.807) is 18.2 Å². The Bertz CT molecular complexity index is 486. The van der Waals surface area contributed by atoms with Crippen LogP contribution in [-0.4, -0.2) is 28.8 Å². The fraction of sp³-hybridized carbons (Fsp3) is 0.571. The molecule has 2 rings (SSSR count). The van der Waals surface area contributed by atoms with E-state index in [0.717, 1.165) is 12.8 Å². The summed E-state index contributed by atoms with van der Waals surface area (Å²) >= 11 is 0. The topological polar surface area (TPSA) is 84.6 Å². The van der Waals surface area contributed by atoms with Crippen LogP contribution in [0.3, 0.4) is 0 Å². The van der Waals surface area contributed by atoms with Crippen LogP contribution >= 0.6 is 0 Å². The highest BCUT2D eigenvalue weighted by Crippen LogP contribution is 2.36. The number of aliphatic hydroxyl groups is 1.